The quantitative estimate of drug-likeness (QED) is 0.697. The zero-order valence-electron chi connectivity index (χ0n) is 11.9. The van der Waals surface area contributed by atoms with Crippen molar-refractivity contribution in [1.29, 1.82) is 0 Å². The van der Waals surface area contributed by atoms with E-state index in [4.69, 9.17) is 16.3 Å². The molecule has 2 aromatic heterocycles. The van der Waals surface area contributed by atoms with Gasteiger partial charge in [0, 0.05) is 25.3 Å². The standard InChI is InChI=1S/C16H16ClNOS2/c1-18-12(15-9-16-14(21-15)5-6-20-16)8-10-7-11(17)3-4-13(10)19-2/h3-7,9,12,18H,8H2,1-2H3. The molecule has 2 heterocycles. The van der Waals surface area contributed by atoms with Crippen molar-refractivity contribution < 1.29 is 4.74 Å². The molecule has 1 atom stereocenters. The first-order valence-electron chi connectivity index (χ1n) is 6.68. The van der Waals surface area contributed by atoms with E-state index in [0.29, 0.717) is 0 Å². The van der Waals surface area contributed by atoms with Gasteiger partial charge in [0.2, 0.25) is 0 Å². The number of benzene rings is 1. The first-order valence-corrected chi connectivity index (χ1v) is 8.75. The minimum atomic E-state index is 0.266. The number of methoxy groups -OCH3 is 1. The van der Waals surface area contributed by atoms with Crippen LogP contribution < -0.4 is 10.1 Å². The SMILES string of the molecule is CNC(Cc1cc(Cl)ccc1OC)c1cc2sccc2s1. The van der Waals surface area contributed by atoms with Gasteiger partial charge in [-0.1, -0.05) is 11.6 Å². The summed E-state index contributed by atoms with van der Waals surface area (Å²) in [6.45, 7) is 0. The van der Waals surface area contributed by atoms with Gasteiger partial charge < -0.3 is 10.1 Å². The number of ether oxygens (including phenoxy) is 1. The summed E-state index contributed by atoms with van der Waals surface area (Å²) < 4.78 is 8.15. The van der Waals surface area contributed by atoms with Crippen LogP contribution in [0.2, 0.25) is 5.02 Å². The molecule has 1 aromatic carbocycles. The minimum absolute atomic E-state index is 0.266. The van der Waals surface area contributed by atoms with Gasteiger partial charge in [-0.25, -0.2) is 0 Å². The third kappa shape index (κ3) is 3.09. The van der Waals surface area contributed by atoms with Crippen molar-refractivity contribution in [1.82, 2.24) is 5.32 Å². The number of likely N-dealkylation sites (N-methyl/N-ethyl adjacent to an activating group) is 1. The molecule has 1 unspecified atom stereocenters. The lowest BCUT2D eigenvalue weighted by molar-refractivity contribution is 0.406. The number of halogens is 1. The molecule has 2 nitrogen and oxygen atoms in total. The highest BCUT2D eigenvalue weighted by Gasteiger charge is 2.16. The predicted octanol–water partition coefficient (Wildman–Crippen LogP) is 5.13. The Morgan fingerprint density at radius 1 is 1.24 bits per heavy atom. The number of nitrogens with one attached hydrogen (secondary N) is 1. The van der Waals surface area contributed by atoms with Crippen LogP contribution in [0, 0.1) is 0 Å². The van der Waals surface area contributed by atoms with Crippen molar-refractivity contribution in [3.63, 3.8) is 0 Å². The largest absolute Gasteiger partial charge is 0.496 e. The molecule has 3 aromatic rings. The number of rotatable bonds is 5. The zero-order valence-corrected chi connectivity index (χ0v) is 14.2. The van der Waals surface area contributed by atoms with Gasteiger partial charge in [0.15, 0.2) is 0 Å². The molecule has 3 rings (SSSR count). The lowest BCUT2D eigenvalue weighted by Gasteiger charge is -2.17. The van der Waals surface area contributed by atoms with Crippen molar-refractivity contribution in [2.45, 2.75) is 12.5 Å². The molecule has 0 amide bonds. The summed E-state index contributed by atoms with van der Waals surface area (Å²) in [5, 5.41) is 6.29. The van der Waals surface area contributed by atoms with E-state index >= 15 is 0 Å². The van der Waals surface area contributed by atoms with Crippen LogP contribution in [-0.2, 0) is 6.42 Å². The van der Waals surface area contributed by atoms with E-state index in [2.05, 4.69) is 22.8 Å². The van der Waals surface area contributed by atoms with Crippen LogP contribution in [0.3, 0.4) is 0 Å². The molecule has 0 aliphatic heterocycles. The van der Waals surface area contributed by atoms with Gasteiger partial charge in [0.25, 0.3) is 0 Å². The van der Waals surface area contributed by atoms with E-state index in [0.717, 1.165) is 22.8 Å². The normalized spacial score (nSPS) is 12.7. The van der Waals surface area contributed by atoms with Gasteiger partial charge in [-0.2, -0.15) is 0 Å². The van der Waals surface area contributed by atoms with E-state index in [1.807, 2.05) is 36.6 Å². The van der Waals surface area contributed by atoms with Crippen LogP contribution in [0.15, 0.2) is 35.7 Å². The van der Waals surface area contributed by atoms with Crippen LogP contribution in [0.25, 0.3) is 9.40 Å². The molecular formula is C16H16ClNOS2. The van der Waals surface area contributed by atoms with E-state index in [1.54, 1.807) is 18.4 Å². The molecule has 0 saturated heterocycles. The van der Waals surface area contributed by atoms with Crippen LogP contribution in [-0.4, -0.2) is 14.2 Å². The highest BCUT2D eigenvalue weighted by Crippen LogP contribution is 2.35. The summed E-state index contributed by atoms with van der Waals surface area (Å²) >= 11 is 9.76. The third-order valence-corrected chi connectivity index (χ3v) is 5.96. The van der Waals surface area contributed by atoms with E-state index in [1.165, 1.54) is 14.3 Å². The topological polar surface area (TPSA) is 21.3 Å². The summed E-state index contributed by atoms with van der Waals surface area (Å²) in [5.74, 6) is 0.887. The Kier molecular flexibility index (Phi) is 4.50. The van der Waals surface area contributed by atoms with Crippen LogP contribution >= 0.6 is 34.3 Å². The molecule has 0 spiro atoms. The van der Waals surface area contributed by atoms with Crippen molar-refractivity contribution in [2.24, 2.45) is 0 Å². The van der Waals surface area contributed by atoms with Gasteiger partial charge in [-0.3, -0.25) is 0 Å². The fraction of sp³-hybridized carbons (Fsp3) is 0.250. The Balaban J connectivity index is 1.90. The minimum Gasteiger partial charge on any atom is -0.496 e. The summed E-state index contributed by atoms with van der Waals surface area (Å²) in [7, 11) is 3.69. The van der Waals surface area contributed by atoms with Crippen molar-refractivity contribution in [2.75, 3.05) is 14.2 Å². The predicted molar refractivity (Wildman–Crippen MR) is 93.2 cm³/mol. The van der Waals surface area contributed by atoms with E-state index < -0.39 is 0 Å². The lowest BCUT2D eigenvalue weighted by atomic mass is 10.0. The molecular weight excluding hydrogens is 322 g/mol. The maximum Gasteiger partial charge on any atom is 0.122 e. The van der Waals surface area contributed by atoms with Crippen LogP contribution in [0.1, 0.15) is 16.5 Å². The number of fused-ring (bicyclic) bond motifs is 1. The Morgan fingerprint density at radius 2 is 2.10 bits per heavy atom. The number of hydrogen-bond acceptors (Lipinski definition) is 4. The fourth-order valence-corrected chi connectivity index (χ4v) is 4.85. The molecule has 0 saturated carbocycles. The third-order valence-electron chi connectivity index (χ3n) is 3.52. The molecule has 21 heavy (non-hydrogen) atoms. The van der Waals surface area contributed by atoms with Crippen molar-refractivity contribution in [3.8, 4) is 5.75 Å². The summed E-state index contributed by atoms with van der Waals surface area (Å²) in [6.07, 6.45) is 0.855. The average Bonchev–Trinajstić information content (AvgIpc) is 3.06. The molecule has 0 bridgehead atoms. The smallest absolute Gasteiger partial charge is 0.122 e. The maximum atomic E-state index is 6.12. The first-order chi connectivity index (χ1) is 10.2. The van der Waals surface area contributed by atoms with Gasteiger partial charge >= 0.3 is 0 Å². The molecule has 1 N–H and O–H groups in total. The Labute approximate surface area is 137 Å². The lowest BCUT2D eigenvalue weighted by Crippen LogP contribution is -2.18. The Morgan fingerprint density at radius 3 is 2.81 bits per heavy atom. The number of thiophene rings is 2. The summed E-state index contributed by atoms with van der Waals surface area (Å²) in [5.41, 5.74) is 1.13. The van der Waals surface area contributed by atoms with Crippen molar-refractivity contribution in [3.05, 3.63) is 51.2 Å². The van der Waals surface area contributed by atoms with Crippen LogP contribution in [0.5, 0.6) is 5.75 Å². The van der Waals surface area contributed by atoms with Gasteiger partial charge in [0.05, 0.1) is 7.11 Å². The summed E-state index contributed by atoms with van der Waals surface area (Å²) in [4.78, 5) is 1.35. The molecule has 5 heteroatoms. The monoisotopic (exact) mass is 337 g/mol. The Hall–Kier alpha value is -1.07. The van der Waals surface area contributed by atoms with Gasteiger partial charge in [-0.15, -0.1) is 22.7 Å². The average molecular weight is 338 g/mol. The highest BCUT2D eigenvalue weighted by atomic mass is 35.5. The summed E-state index contributed by atoms with van der Waals surface area (Å²) in [6, 6.07) is 10.5. The molecule has 0 fully saturated rings. The van der Waals surface area contributed by atoms with E-state index in [9.17, 15) is 0 Å². The van der Waals surface area contributed by atoms with Gasteiger partial charge in [0.1, 0.15) is 5.75 Å². The van der Waals surface area contributed by atoms with Crippen LogP contribution in [0.4, 0.5) is 0 Å². The Bertz CT molecular complexity index is 721. The molecule has 0 aliphatic rings. The zero-order chi connectivity index (χ0) is 14.8. The van der Waals surface area contributed by atoms with E-state index in [-0.39, 0.29) is 6.04 Å². The second-order valence-corrected chi connectivity index (χ2v) is 7.30. The fourth-order valence-electron chi connectivity index (χ4n) is 2.43. The second kappa shape index (κ2) is 6.36. The highest BCUT2D eigenvalue weighted by molar-refractivity contribution is 7.26. The number of hydrogen-bond donors (Lipinski definition) is 1. The van der Waals surface area contributed by atoms with Gasteiger partial charge in [-0.05, 0) is 54.7 Å². The maximum absolute atomic E-state index is 6.12. The van der Waals surface area contributed by atoms with Crippen molar-refractivity contribution >= 4 is 43.7 Å². The second-order valence-electron chi connectivity index (χ2n) is 4.80. The molecule has 110 valence electrons. The first kappa shape index (κ1) is 14.9. The molecule has 0 radical (unpaired) electrons. The molecule has 0 aliphatic carbocycles.